The van der Waals surface area contributed by atoms with E-state index < -0.39 is 16.7 Å². The first-order valence-corrected chi connectivity index (χ1v) is 9.25. The zero-order valence-electron chi connectivity index (χ0n) is 14.8. The molecule has 0 spiro atoms. The number of aryl methyl sites for hydroxylation is 1. The molecular weight excluding hydrogens is 380 g/mol. The number of para-hydroxylation sites is 1. The Balaban J connectivity index is 1.55. The van der Waals surface area contributed by atoms with Crippen LogP contribution in [0.3, 0.4) is 0 Å². The van der Waals surface area contributed by atoms with Gasteiger partial charge in [0.25, 0.3) is 11.6 Å². The molecule has 3 rings (SSSR count). The number of non-ortho nitro benzene ring substituents is 1. The van der Waals surface area contributed by atoms with E-state index in [-0.39, 0.29) is 17.0 Å². The highest BCUT2D eigenvalue weighted by Gasteiger charge is 2.12. The molecule has 1 heterocycles. The third-order valence-electron chi connectivity index (χ3n) is 3.89. The van der Waals surface area contributed by atoms with Crippen LogP contribution in [0, 0.1) is 17.0 Å². The first-order valence-electron chi connectivity index (χ1n) is 8.27. The van der Waals surface area contributed by atoms with Gasteiger partial charge in [-0.15, -0.1) is 0 Å². The van der Waals surface area contributed by atoms with E-state index >= 15 is 0 Å². The summed E-state index contributed by atoms with van der Waals surface area (Å²) < 4.78 is 0. The molecular formula is C19H16N4O4S. The predicted molar refractivity (Wildman–Crippen MR) is 106 cm³/mol. The minimum absolute atomic E-state index is 0.0556. The number of nitro benzene ring substituents is 1. The second-order valence-electron chi connectivity index (χ2n) is 5.89. The third-order valence-corrected chi connectivity index (χ3v) is 4.80. The molecule has 2 aromatic carbocycles. The molecule has 0 aliphatic rings. The maximum atomic E-state index is 12.0. The molecule has 0 atom stereocenters. The molecule has 0 fully saturated rings. The molecule has 28 heavy (non-hydrogen) atoms. The van der Waals surface area contributed by atoms with Crippen molar-refractivity contribution in [3.05, 3.63) is 75.8 Å². The fourth-order valence-electron chi connectivity index (χ4n) is 2.53. The van der Waals surface area contributed by atoms with Crippen molar-refractivity contribution >= 4 is 40.2 Å². The lowest BCUT2D eigenvalue weighted by molar-refractivity contribution is -0.384. The summed E-state index contributed by atoms with van der Waals surface area (Å²) in [6.45, 7) is 1.98. The van der Waals surface area contributed by atoms with Crippen molar-refractivity contribution in [3.63, 3.8) is 0 Å². The normalized spacial score (nSPS) is 10.5. The quantitative estimate of drug-likeness (QED) is 0.389. The Labute approximate surface area is 164 Å². The Morgan fingerprint density at radius 1 is 1.11 bits per heavy atom. The van der Waals surface area contributed by atoms with Crippen molar-refractivity contribution in [1.29, 1.82) is 0 Å². The summed E-state index contributed by atoms with van der Waals surface area (Å²) >= 11 is 1.25. The van der Waals surface area contributed by atoms with E-state index in [1.807, 2.05) is 37.3 Å². The number of hydrogen-bond acceptors (Lipinski definition) is 6. The minimum Gasteiger partial charge on any atom is -0.272 e. The number of nitro groups is 1. The highest BCUT2D eigenvalue weighted by molar-refractivity contribution is 7.99. The van der Waals surface area contributed by atoms with Crippen LogP contribution in [0.15, 0.2) is 59.6 Å². The lowest BCUT2D eigenvalue weighted by Crippen LogP contribution is -2.42. The van der Waals surface area contributed by atoms with Crippen molar-refractivity contribution in [3.8, 4) is 0 Å². The van der Waals surface area contributed by atoms with Gasteiger partial charge in [-0.25, -0.2) is 4.98 Å². The van der Waals surface area contributed by atoms with Crippen molar-refractivity contribution in [2.75, 3.05) is 5.75 Å². The van der Waals surface area contributed by atoms with Gasteiger partial charge >= 0.3 is 0 Å². The van der Waals surface area contributed by atoms with Gasteiger partial charge in [0, 0.05) is 23.1 Å². The van der Waals surface area contributed by atoms with Crippen LogP contribution in [0.2, 0.25) is 0 Å². The minimum atomic E-state index is -0.637. The number of benzene rings is 2. The number of hydrazine groups is 1. The lowest BCUT2D eigenvalue weighted by Gasteiger charge is -2.08. The average Bonchev–Trinajstić information content (AvgIpc) is 2.70. The molecule has 0 unspecified atom stereocenters. The van der Waals surface area contributed by atoms with Crippen LogP contribution in [0.5, 0.6) is 0 Å². The summed E-state index contributed by atoms with van der Waals surface area (Å²) in [5, 5.41) is 12.5. The average molecular weight is 396 g/mol. The number of fused-ring (bicyclic) bond motifs is 1. The highest BCUT2D eigenvalue weighted by atomic mass is 32.2. The molecule has 8 nitrogen and oxygen atoms in total. The number of aromatic nitrogens is 1. The van der Waals surface area contributed by atoms with Gasteiger partial charge in [0.05, 0.1) is 21.2 Å². The number of amides is 2. The van der Waals surface area contributed by atoms with Crippen molar-refractivity contribution < 1.29 is 14.5 Å². The largest absolute Gasteiger partial charge is 0.272 e. The van der Waals surface area contributed by atoms with Crippen LogP contribution < -0.4 is 10.9 Å². The summed E-state index contributed by atoms with van der Waals surface area (Å²) in [5.74, 6) is -1.00. The van der Waals surface area contributed by atoms with Crippen molar-refractivity contribution in [2.45, 2.75) is 11.9 Å². The van der Waals surface area contributed by atoms with Gasteiger partial charge in [0.15, 0.2) is 0 Å². The number of hydrogen-bond donors (Lipinski definition) is 2. The summed E-state index contributed by atoms with van der Waals surface area (Å²) in [4.78, 5) is 38.7. The van der Waals surface area contributed by atoms with E-state index in [9.17, 15) is 19.7 Å². The third kappa shape index (κ3) is 4.63. The fraction of sp³-hybridized carbons (Fsp3) is 0.105. The van der Waals surface area contributed by atoms with E-state index in [2.05, 4.69) is 15.8 Å². The van der Waals surface area contributed by atoms with Crippen LogP contribution in [-0.4, -0.2) is 27.5 Å². The van der Waals surface area contributed by atoms with Crippen molar-refractivity contribution in [1.82, 2.24) is 15.8 Å². The molecule has 0 radical (unpaired) electrons. The molecule has 142 valence electrons. The van der Waals surface area contributed by atoms with Gasteiger partial charge in [-0.2, -0.15) is 0 Å². The molecule has 9 heteroatoms. The summed E-state index contributed by atoms with van der Waals surface area (Å²) in [7, 11) is 0. The summed E-state index contributed by atoms with van der Waals surface area (Å²) in [6, 6.07) is 14.9. The van der Waals surface area contributed by atoms with Gasteiger partial charge in [-0.3, -0.25) is 30.6 Å². The molecule has 2 N–H and O–H groups in total. The molecule has 2 amide bonds. The summed E-state index contributed by atoms with van der Waals surface area (Å²) in [5.41, 5.74) is 6.33. The number of thioether (sulfide) groups is 1. The lowest BCUT2D eigenvalue weighted by atomic mass is 10.1. The second-order valence-corrected chi connectivity index (χ2v) is 6.89. The van der Waals surface area contributed by atoms with Crippen LogP contribution in [0.1, 0.15) is 15.9 Å². The number of pyridine rings is 1. The molecule has 0 bridgehead atoms. The van der Waals surface area contributed by atoms with Crippen LogP contribution in [0.25, 0.3) is 10.9 Å². The van der Waals surface area contributed by atoms with Crippen LogP contribution in [-0.2, 0) is 4.79 Å². The number of rotatable bonds is 5. The Kier molecular flexibility index (Phi) is 5.85. The summed E-state index contributed by atoms with van der Waals surface area (Å²) in [6.07, 6.45) is 0. The van der Waals surface area contributed by atoms with Gasteiger partial charge < -0.3 is 0 Å². The van der Waals surface area contributed by atoms with Crippen LogP contribution >= 0.6 is 11.8 Å². The molecule has 0 saturated heterocycles. The van der Waals surface area contributed by atoms with E-state index in [0.29, 0.717) is 5.03 Å². The van der Waals surface area contributed by atoms with Crippen LogP contribution in [0.4, 0.5) is 5.69 Å². The zero-order chi connectivity index (χ0) is 20.1. The highest BCUT2D eigenvalue weighted by Crippen LogP contribution is 2.23. The van der Waals surface area contributed by atoms with Crippen molar-refractivity contribution in [2.24, 2.45) is 0 Å². The Morgan fingerprint density at radius 2 is 1.89 bits per heavy atom. The van der Waals surface area contributed by atoms with E-state index in [1.54, 1.807) is 0 Å². The maximum absolute atomic E-state index is 12.0. The maximum Gasteiger partial charge on any atom is 0.270 e. The Hall–Kier alpha value is -3.46. The number of carbonyl (C=O) groups excluding carboxylic acids is 2. The van der Waals surface area contributed by atoms with Gasteiger partial charge in [0.2, 0.25) is 5.91 Å². The Bertz CT molecular complexity index is 1070. The number of carbonyl (C=O) groups is 2. The van der Waals surface area contributed by atoms with E-state index in [1.165, 1.54) is 30.0 Å². The van der Waals surface area contributed by atoms with E-state index in [4.69, 9.17) is 0 Å². The SMILES string of the molecule is Cc1cc(SCC(=O)NNC(=O)c2cccc([N+](=O)[O-])c2)nc2ccccc12. The first-order chi connectivity index (χ1) is 13.4. The zero-order valence-corrected chi connectivity index (χ0v) is 15.7. The topological polar surface area (TPSA) is 114 Å². The second kappa shape index (κ2) is 8.49. The predicted octanol–water partition coefficient (Wildman–Crippen LogP) is 3.00. The number of nitrogens with zero attached hydrogens (tertiary/aromatic N) is 2. The molecule has 3 aromatic rings. The fourth-order valence-corrected chi connectivity index (χ4v) is 3.30. The number of nitrogens with one attached hydrogen (secondary N) is 2. The standard InChI is InChI=1S/C19H16N4O4S/c1-12-9-18(20-16-8-3-2-7-15(12)16)28-11-17(24)21-22-19(25)13-5-4-6-14(10-13)23(26)27/h2-10H,11H2,1H3,(H,21,24)(H,22,25). The Morgan fingerprint density at radius 3 is 2.68 bits per heavy atom. The molecule has 1 aromatic heterocycles. The molecule has 0 saturated carbocycles. The van der Waals surface area contributed by atoms with E-state index in [0.717, 1.165) is 22.5 Å². The van der Waals surface area contributed by atoms with Gasteiger partial charge in [-0.05, 0) is 30.7 Å². The molecule has 0 aliphatic heterocycles. The molecule has 0 aliphatic carbocycles. The monoisotopic (exact) mass is 396 g/mol. The smallest absolute Gasteiger partial charge is 0.270 e. The van der Waals surface area contributed by atoms with Gasteiger partial charge in [0.1, 0.15) is 0 Å². The first kappa shape index (κ1) is 19.3. The van der Waals surface area contributed by atoms with Gasteiger partial charge in [-0.1, -0.05) is 36.0 Å².